The summed E-state index contributed by atoms with van der Waals surface area (Å²) in [5, 5.41) is 16.8. The largest absolute Gasteiger partial charge is 0.454 e. The van der Waals surface area contributed by atoms with Gasteiger partial charge in [-0.2, -0.15) is 0 Å². The van der Waals surface area contributed by atoms with E-state index in [-0.39, 0.29) is 24.9 Å². The van der Waals surface area contributed by atoms with Crippen molar-refractivity contribution in [2.24, 2.45) is 5.73 Å². The summed E-state index contributed by atoms with van der Waals surface area (Å²) in [5.41, 5.74) is 7.55. The summed E-state index contributed by atoms with van der Waals surface area (Å²) in [7, 11) is 0. The third-order valence-corrected chi connectivity index (χ3v) is 6.63. The first-order chi connectivity index (χ1) is 14.3. The molecular formula is C21H30N6O2. The molecular weight excluding hydrogens is 368 g/mol. The van der Waals surface area contributed by atoms with Crippen LogP contribution in [0.1, 0.15) is 81.3 Å². The first-order valence-corrected chi connectivity index (χ1v) is 11.0. The quantitative estimate of drug-likeness (QED) is 0.799. The number of hydrogen-bond acceptors (Lipinski definition) is 7. The molecule has 5 rings (SSSR count). The molecule has 2 fully saturated rings. The summed E-state index contributed by atoms with van der Waals surface area (Å²) in [6, 6.07) is 6.74. The molecule has 0 radical (unpaired) electrons. The maximum Gasteiger partial charge on any atom is 0.231 e. The van der Waals surface area contributed by atoms with E-state index in [9.17, 15) is 0 Å². The van der Waals surface area contributed by atoms with Crippen LogP contribution in [-0.2, 0) is 0 Å². The predicted molar refractivity (Wildman–Crippen MR) is 108 cm³/mol. The van der Waals surface area contributed by atoms with Gasteiger partial charge in [0.1, 0.15) is 0 Å². The SMILES string of the molecule is NC1CCCCC1NC(c1ccc2c(c1)OCO2)c1nnnn1C1CCCCC1. The lowest BCUT2D eigenvalue weighted by molar-refractivity contribution is 0.174. The van der Waals surface area contributed by atoms with Crippen molar-refractivity contribution >= 4 is 0 Å². The molecule has 0 amide bonds. The van der Waals surface area contributed by atoms with Gasteiger partial charge >= 0.3 is 0 Å². The molecule has 0 spiro atoms. The number of nitrogens with two attached hydrogens (primary N) is 1. The minimum absolute atomic E-state index is 0.129. The lowest BCUT2D eigenvalue weighted by atomic mass is 9.89. The fourth-order valence-electron chi connectivity index (χ4n) is 4.97. The van der Waals surface area contributed by atoms with Crippen molar-refractivity contribution in [1.82, 2.24) is 25.5 Å². The maximum absolute atomic E-state index is 6.46. The Balaban J connectivity index is 1.49. The summed E-state index contributed by atoms with van der Waals surface area (Å²) in [6.45, 7) is 0.268. The fourth-order valence-corrected chi connectivity index (χ4v) is 4.97. The Morgan fingerprint density at radius 3 is 2.66 bits per heavy atom. The minimum atomic E-state index is -0.129. The van der Waals surface area contributed by atoms with E-state index in [0.29, 0.717) is 6.04 Å². The molecule has 3 aliphatic rings. The van der Waals surface area contributed by atoms with Crippen LogP contribution in [0.25, 0.3) is 0 Å². The first kappa shape index (κ1) is 18.8. The maximum atomic E-state index is 6.46. The number of fused-ring (bicyclic) bond motifs is 1. The lowest BCUT2D eigenvalue weighted by Crippen LogP contribution is -2.49. The van der Waals surface area contributed by atoms with Crippen molar-refractivity contribution in [1.29, 1.82) is 0 Å². The van der Waals surface area contributed by atoms with Crippen molar-refractivity contribution < 1.29 is 9.47 Å². The highest BCUT2D eigenvalue weighted by Crippen LogP contribution is 2.37. The monoisotopic (exact) mass is 398 g/mol. The molecule has 3 atom stereocenters. The van der Waals surface area contributed by atoms with Gasteiger partial charge in [-0.05, 0) is 53.8 Å². The van der Waals surface area contributed by atoms with E-state index < -0.39 is 0 Å². The molecule has 2 saturated carbocycles. The molecule has 8 heteroatoms. The van der Waals surface area contributed by atoms with Crippen molar-refractivity contribution in [3.63, 3.8) is 0 Å². The fraction of sp³-hybridized carbons (Fsp3) is 0.667. The summed E-state index contributed by atoms with van der Waals surface area (Å²) in [6.07, 6.45) is 10.6. The van der Waals surface area contributed by atoms with Crippen LogP contribution in [0.3, 0.4) is 0 Å². The third kappa shape index (κ3) is 3.83. The zero-order valence-electron chi connectivity index (χ0n) is 16.8. The first-order valence-electron chi connectivity index (χ1n) is 11.0. The molecule has 2 aromatic rings. The number of nitrogens with one attached hydrogen (secondary N) is 1. The van der Waals surface area contributed by atoms with Crippen molar-refractivity contribution in [3.8, 4) is 11.5 Å². The van der Waals surface area contributed by atoms with Crippen LogP contribution < -0.4 is 20.5 Å². The molecule has 3 N–H and O–H groups in total. The molecule has 1 aromatic carbocycles. The van der Waals surface area contributed by atoms with Crippen molar-refractivity contribution in [3.05, 3.63) is 29.6 Å². The number of nitrogens with zero attached hydrogens (tertiary/aromatic N) is 4. The van der Waals surface area contributed by atoms with E-state index >= 15 is 0 Å². The van der Waals surface area contributed by atoms with Crippen LogP contribution in [0.2, 0.25) is 0 Å². The zero-order chi connectivity index (χ0) is 19.6. The zero-order valence-corrected chi connectivity index (χ0v) is 16.8. The normalized spacial score (nSPS) is 25.8. The molecule has 3 unspecified atom stereocenters. The van der Waals surface area contributed by atoms with Gasteiger partial charge in [0.25, 0.3) is 0 Å². The lowest BCUT2D eigenvalue weighted by Gasteiger charge is -2.33. The molecule has 0 saturated heterocycles. The average Bonchev–Trinajstić information content (AvgIpc) is 3.43. The number of hydrogen-bond donors (Lipinski definition) is 2. The number of benzene rings is 1. The number of aromatic nitrogens is 4. The molecule has 2 heterocycles. The summed E-state index contributed by atoms with van der Waals surface area (Å²) < 4.78 is 13.2. The highest BCUT2D eigenvalue weighted by atomic mass is 16.7. The Hall–Kier alpha value is -2.19. The predicted octanol–water partition coefficient (Wildman–Crippen LogP) is 2.86. The minimum Gasteiger partial charge on any atom is -0.454 e. The second-order valence-corrected chi connectivity index (χ2v) is 8.54. The van der Waals surface area contributed by atoms with Crippen LogP contribution in [0, 0.1) is 0 Å². The highest BCUT2D eigenvalue weighted by molar-refractivity contribution is 5.46. The number of ether oxygens (including phenoxy) is 2. The van der Waals surface area contributed by atoms with Crippen molar-refractivity contribution in [2.45, 2.75) is 82.0 Å². The van der Waals surface area contributed by atoms with E-state index in [1.54, 1.807) is 0 Å². The van der Waals surface area contributed by atoms with Crippen LogP contribution in [0.15, 0.2) is 18.2 Å². The average molecular weight is 399 g/mol. The summed E-state index contributed by atoms with van der Waals surface area (Å²) in [4.78, 5) is 0. The molecule has 0 bridgehead atoms. The van der Waals surface area contributed by atoms with E-state index in [2.05, 4.69) is 31.6 Å². The number of rotatable bonds is 5. The smallest absolute Gasteiger partial charge is 0.231 e. The molecule has 8 nitrogen and oxygen atoms in total. The van der Waals surface area contributed by atoms with E-state index in [4.69, 9.17) is 15.2 Å². The van der Waals surface area contributed by atoms with Gasteiger partial charge in [0, 0.05) is 12.1 Å². The number of tetrazole rings is 1. The van der Waals surface area contributed by atoms with Gasteiger partial charge in [0.15, 0.2) is 17.3 Å². The Morgan fingerprint density at radius 1 is 1.00 bits per heavy atom. The molecule has 1 aromatic heterocycles. The van der Waals surface area contributed by atoms with Gasteiger partial charge in [0.05, 0.1) is 12.1 Å². The summed E-state index contributed by atoms with van der Waals surface area (Å²) >= 11 is 0. The molecule has 1 aliphatic heterocycles. The van der Waals surface area contributed by atoms with Gasteiger partial charge < -0.3 is 15.2 Å². The standard InChI is InChI=1S/C21H30N6O2/c22-16-8-4-5-9-17(16)23-20(14-10-11-18-19(12-14)29-13-28-18)21-24-25-26-27(21)15-6-2-1-3-7-15/h10-12,15-17,20,23H,1-9,13,22H2. The van der Waals surface area contributed by atoms with Crippen LogP contribution in [0.4, 0.5) is 0 Å². The molecule has 2 aliphatic carbocycles. The topological polar surface area (TPSA) is 100 Å². The molecule has 29 heavy (non-hydrogen) atoms. The van der Waals surface area contributed by atoms with Crippen LogP contribution in [-0.4, -0.2) is 39.1 Å². The second kappa shape index (κ2) is 8.28. The highest BCUT2D eigenvalue weighted by Gasteiger charge is 2.31. The van der Waals surface area contributed by atoms with Gasteiger partial charge in [-0.25, -0.2) is 4.68 Å². The van der Waals surface area contributed by atoms with Gasteiger partial charge in [-0.3, -0.25) is 5.32 Å². The Kier molecular flexibility index (Phi) is 5.37. The Labute approximate surface area is 171 Å². The van der Waals surface area contributed by atoms with E-state index in [0.717, 1.165) is 48.6 Å². The second-order valence-electron chi connectivity index (χ2n) is 8.54. The van der Waals surface area contributed by atoms with Crippen LogP contribution in [0.5, 0.6) is 11.5 Å². The van der Waals surface area contributed by atoms with Gasteiger partial charge in [-0.1, -0.05) is 38.2 Å². The van der Waals surface area contributed by atoms with Gasteiger partial charge in [0.2, 0.25) is 6.79 Å². The van der Waals surface area contributed by atoms with Gasteiger partial charge in [-0.15, -0.1) is 5.10 Å². The van der Waals surface area contributed by atoms with E-state index in [1.807, 2.05) is 12.1 Å². The van der Waals surface area contributed by atoms with Crippen LogP contribution >= 0.6 is 0 Å². The van der Waals surface area contributed by atoms with Crippen molar-refractivity contribution in [2.75, 3.05) is 6.79 Å². The Morgan fingerprint density at radius 2 is 1.79 bits per heavy atom. The van der Waals surface area contributed by atoms with E-state index in [1.165, 1.54) is 32.1 Å². The summed E-state index contributed by atoms with van der Waals surface area (Å²) in [5.74, 6) is 2.43. The molecule has 156 valence electrons. The third-order valence-electron chi connectivity index (χ3n) is 6.63. The Bertz CT molecular complexity index is 834.